The van der Waals surface area contributed by atoms with E-state index in [1.807, 2.05) is 0 Å². The fourth-order valence-electron chi connectivity index (χ4n) is 1.68. The number of pyridine rings is 1. The second kappa shape index (κ2) is 5.85. The standard InChI is InChI=1S/C13H13F3N4/c1-2-18-12-19-10(7-9-3-5-17-6-4-9)8-11(20-12)13(14,15)16/h3-6,8H,2,7H2,1H3,(H,18,19,20). The molecule has 0 spiro atoms. The van der Waals surface area contributed by atoms with Crippen molar-refractivity contribution in [2.24, 2.45) is 0 Å². The third kappa shape index (κ3) is 3.66. The quantitative estimate of drug-likeness (QED) is 0.936. The number of hydrogen-bond donors (Lipinski definition) is 1. The van der Waals surface area contributed by atoms with Gasteiger partial charge in [-0.1, -0.05) is 0 Å². The summed E-state index contributed by atoms with van der Waals surface area (Å²) in [6, 6.07) is 4.45. The Balaban J connectivity index is 2.34. The molecule has 2 aromatic heterocycles. The van der Waals surface area contributed by atoms with Crippen LogP contribution < -0.4 is 5.32 Å². The summed E-state index contributed by atoms with van der Waals surface area (Å²) in [5.74, 6) is -0.00798. The largest absolute Gasteiger partial charge is 0.433 e. The first kappa shape index (κ1) is 14.2. The molecule has 0 saturated heterocycles. The topological polar surface area (TPSA) is 50.7 Å². The van der Waals surface area contributed by atoms with Crippen LogP contribution in [-0.2, 0) is 12.6 Å². The minimum absolute atomic E-state index is 0.00798. The van der Waals surface area contributed by atoms with Crippen LogP contribution in [0.15, 0.2) is 30.6 Å². The number of aromatic nitrogens is 3. The summed E-state index contributed by atoms with van der Waals surface area (Å²) in [4.78, 5) is 11.4. The van der Waals surface area contributed by atoms with E-state index in [1.54, 1.807) is 31.5 Å². The van der Waals surface area contributed by atoms with E-state index in [9.17, 15) is 13.2 Å². The molecular weight excluding hydrogens is 269 g/mol. The number of hydrogen-bond acceptors (Lipinski definition) is 4. The number of nitrogens with zero attached hydrogens (tertiary/aromatic N) is 3. The average Bonchev–Trinajstić information content (AvgIpc) is 2.39. The van der Waals surface area contributed by atoms with E-state index < -0.39 is 11.9 Å². The zero-order chi connectivity index (χ0) is 14.6. The summed E-state index contributed by atoms with van der Waals surface area (Å²) in [5.41, 5.74) is 0.219. The Kier molecular flexibility index (Phi) is 4.16. The van der Waals surface area contributed by atoms with Crippen LogP contribution in [0.2, 0.25) is 0 Å². The number of halogens is 3. The van der Waals surface area contributed by atoms with E-state index in [1.165, 1.54) is 0 Å². The van der Waals surface area contributed by atoms with Gasteiger partial charge in [0.1, 0.15) is 5.69 Å². The predicted molar refractivity (Wildman–Crippen MR) is 68.2 cm³/mol. The third-order valence-corrected chi connectivity index (χ3v) is 2.54. The molecule has 1 N–H and O–H groups in total. The van der Waals surface area contributed by atoms with Crippen LogP contribution >= 0.6 is 0 Å². The number of rotatable bonds is 4. The van der Waals surface area contributed by atoms with E-state index in [0.29, 0.717) is 18.7 Å². The molecule has 0 amide bonds. The van der Waals surface area contributed by atoms with E-state index in [4.69, 9.17) is 0 Å². The summed E-state index contributed by atoms with van der Waals surface area (Å²) in [6.45, 7) is 2.22. The lowest BCUT2D eigenvalue weighted by Crippen LogP contribution is -2.13. The van der Waals surface area contributed by atoms with Gasteiger partial charge in [-0.15, -0.1) is 0 Å². The maximum atomic E-state index is 12.8. The van der Waals surface area contributed by atoms with Gasteiger partial charge in [-0.25, -0.2) is 9.97 Å². The first-order chi connectivity index (χ1) is 9.49. The van der Waals surface area contributed by atoms with Gasteiger partial charge in [-0.3, -0.25) is 4.98 Å². The summed E-state index contributed by atoms with van der Waals surface area (Å²) >= 11 is 0. The van der Waals surface area contributed by atoms with Crippen LogP contribution in [0, 0.1) is 0 Å². The van der Waals surface area contributed by atoms with Gasteiger partial charge < -0.3 is 5.32 Å². The van der Waals surface area contributed by atoms with Crippen molar-refractivity contribution in [1.82, 2.24) is 15.0 Å². The molecule has 106 valence electrons. The summed E-state index contributed by atoms with van der Waals surface area (Å²) in [5, 5.41) is 2.71. The predicted octanol–water partition coefficient (Wildman–Crippen LogP) is 2.91. The third-order valence-electron chi connectivity index (χ3n) is 2.54. The number of alkyl halides is 3. The highest BCUT2D eigenvalue weighted by atomic mass is 19.4. The van der Waals surface area contributed by atoms with Crippen LogP contribution in [0.25, 0.3) is 0 Å². The van der Waals surface area contributed by atoms with Crippen molar-refractivity contribution in [3.8, 4) is 0 Å². The Hall–Kier alpha value is -2.18. The molecule has 0 saturated carbocycles. The number of anilines is 1. The lowest BCUT2D eigenvalue weighted by molar-refractivity contribution is -0.141. The first-order valence-corrected chi connectivity index (χ1v) is 6.07. The maximum absolute atomic E-state index is 12.8. The van der Waals surface area contributed by atoms with Crippen LogP contribution in [0.1, 0.15) is 23.9 Å². The molecule has 0 aromatic carbocycles. The van der Waals surface area contributed by atoms with Gasteiger partial charge >= 0.3 is 6.18 Å². The van der Waals surface area contributed by atoms with Crippen LogP contribution in [0.4, 0.5) is 19.1 Å². The minimum atomic E-state index is -4.49. The molecule has 0 aliphatic rings. The average molecular weight is 282 g/mol. The Labute approximate surface area is 114 Å². The van der Waals surface area contributed by atoms with Gasteiger partial charge in [-0.2, -0.15) is 13.2 Å². The second-order valence-electron chi connectivity index (χ2n) is 4.13. The minimum Gasteiger partial charge on any atom is -0.354 e. The molecule has 0 atom stereocenters. The van der Waals surface area contributed by atoms with Crippen molar-refractivity contribution >= 4 is 5.95 Å². The van der Waals surface area contributed by atoms with Crippen LogP contribution in [-0.4, -0.2) is 21.5 Å². The molecule has 20 heavy (non-hydrogen) atoms. The SMILES string of the molecule is CCNc1nc(Cc2ccncc2)cc(C(F)(F)F)n1. The van der Waals surface area contributed by atoms with Gasteiger partial charge in [-0.05, 0) is 30.7 Å². The van der Waals surface area contributed by atoms with Crippen molar-refractivity contribution in [2.75, 3.05) is 11.9 Å². The maximum Gasteiger partial charge on any atom is 0.433 e. The zero-order valence-corrected chi connectivity index (χ0v) is 10.8. The number of nitrogens with one attached hydrogen (secondary N) is 1. The molecule has 7 heteroatoms. The zero-order valence-electron chi connectivity index (χ0n) is 10.8. The van der Waals surface area contributed by atoms with Crippen molar-refractivity contribution in [3.05, 3.63) is 47.5 Å². The molecule has 2 rings (SSSR count). The van der Waals surface area contributed by atoms with Crippen molar-refractivity contribution in [3.63, 3.8) is 0 Å². The molecule has 4 nitrogen and oxygen atoms in total. The van der Waals surface area contributed by atoms with Gasteiger partial charge in [0.2, 0.25) is 5.95 Å². The summed E-state index contributed by atoms with van der Waals surface area (Å²) in [6.07, 6.45) is -1.01. The molecule has 0 aliphatic carbocycles. The molecule has 2 aromatic rings. The fourth-order valence-corrected chi connectivity index (χ4v) is 1.68. The second-order valence-corrected chi connectivity index (χ2v) is 4.13. The van der Waals surface area contributed by atoms with E-state index in [-0.39, 0.29) is 5.95 Å². The van der Waals surface area contributed by atoms with Gasteiger partial charge in [0.15, 0.2) is 0 Å². The van der Waals surface area contributed by atoms with Crippen molar-refractivity contribution in [1.29, 1.82) is 0 Å². The normalized spacial score (nSPS) is 11.4. The van der Waals surface area contributed by atoms with E-state index in [2.05, 4.69) is 20.3 Å². The van der Waals surface area contributed by atoms with Crippen LogP contribution in [0.3, 0.4) is 0 Å². The van der Waals surface area contributed by atoms with E-state index >= 15 is 0 Å². The molecule has 0 radical (unpaired) electrons. The highest BCUT2D eigenvalue weighted by Crippen LogP contribution is 2.29. The lowest BCUT2D eigenvalue weighted by atomic mass is 10.1. The Morgan fingerprint density at radius 2 is 1.85 bits per heavy atom. The Morgan fingerprint density at radius 3 is 2.45 bits per heavy atom. The highest BCUT2D eigenvalue weighted by Gasteiger charge is 2.33. The molecule has 2 heterocycles. The van der Waals surface area contributed by atoms with Crippen LogP contribution in [0.5, 0.6) is 0 Å². The Morgan fingerprint density at radius 1 is 1.15 bits per heavy atom. The van der Waals surface area contributed by atoms with Gasteiger partial charge in [0.05, 0.1) is 5.69 Å². The molecule has 0 aliphatic heterocycles. The summed E-state index contributed by atoms with van der Waals surface area (Å²) in [7, 11) is 0. The molecule has 0 fully saturated rings. The fraction of sp³-hybridized carbons (Fsp3) is 0.308. The Bertz CT molecular complexity index is 570. The lowest BCUT2D eigenvalue weighted by Gasteiger charge is -2.11. The molecule has 0 bridgehead atoms. The summed E-state index contributed by atoms with van der Waals surface area (Å²) < 4.78 is 38.4. The smallest absolute Gasteiger partial charge is 0.354 e. The van der Waals surface area contributed by atoms with Crippen molar-refractivity contribution in [2.45, 2.75) is 19.5 Å². The van der Waals surface area contributed by atoms with Crippen molar-refractivity contribution < 1.29 is 13.2 Å². The molecule has 0 unspecified atom stereocenters. The first-order valence-electron chi connectivity index (χ1n) is 6.07. The van der Waals surface area contributed by atoms with Gasteiger partial charge in [0, 0.05) is 25.4 Å². The van der Waals surface area contributed by atoms with Gasteiger partial charge in [0.25, 0.3) is 0 Å². The van der Waals surface area contributed by atoms with E-state index in [0.717, 1.165) is 11.6 Å². The highest BCUT2D eigenvalue weighted by molar-refractivity contribution is 5.31. The monoisotopic (exact) mass is 282 g/mol. The molecular formula is C13H13F3N4.